The summed E-state index contributed by atoms with van der Waals surface area (Å²) in [6, 6.07) is 14.0. The molecule has 0 aliphatic carbocycles. The maximum absolute atomic E-state index is 4.73. The molecule has 0 amide bonds. The van der Waals surface area contributed by atoms with E-state index in [0.717, 1.165) is 44.3 Å². The molecule has 0 aliphatic heterocycles. The van der Waals surface area contributed by atoms with E-state index < -0.39 is 0 Å². The van der Waals surface area contributed by atoms with Gasteiger partial charge in [0.1, 0.15) is 5.52 Å². The molecule has 5 rings (SSSR count). The fourth-order valence-corrected chi connectivity index (χ4v) is 2.89. The molecular formula is C17H12N6. The second kappa shape index (κ2) is 4.54. The standard InChI is InChI=1S/C17H12N6/c1-2-4-13-11(3-1)12-8-20-23-16(12)17(22-13)21-10-5-6-14-15(7-10)19-9-18-14/h1-9H,(H,18,19)(H,20,23)(H,21,22). The van der Waals surface area contributed by atoms with Crippen LogP contribution in [0.5, 0.6) is 0 Å². The van der Waals surface area contributed by atoms with Crippen LogP contribution in [0.4, 0.5) is 11.5 Å². The summed E-state index contributed by atoms with van der Waals surface area (Å²) in [5, 5.41) is 12.7. The van der Waals surface area contributed by atoms with Gasteiger partial charge in [-0.25, -0.2) is 9.97 Å². The predicted octanol–water partition coefficient (Wildman–Crippen LogP) is 3.73. The van der Waals surface area contributed by atoms with Crippen LogP contribution in [0.1, 0.15) is 0 Å². The van der Waals surface area contributed by atoms with Crippen LogP contribution in [0, 0.1) is 0 Å². The lowest BCUT2D eigenvalue weighted by Gasteiger charge is -2.08. The van der Waals surface area contributed by atoms with Crippen molar-refractivity contribution in [2.45, 2.75) is 0 Å². The highest BCUT2D eigenvalue weighted by Crippen LogP contribution is 2.29. The molecule has 5 aromatic rings. The first-order chi connectivity index (χ1) is 11.4. The summed E-state index contributed by atoms with van der Waals surface area (Å²) >= 11 is 0. The SMILES string of the molecule is c1ccc2c(c1)nc(Nc1ccc3nc[nH]c3c1)c1[nH]ncc12. The number of pyridine rings is 1. The lowest BCUT2D eigenvalue weighted by molar-refractivity contribution is 1.12. The average molecular weight is 300 g/mol. The average Bonchev–Trinajstić information content (AvgIpc) is 3.24. The van der Waals surface area contributed by atoms with Gasteiger partial charge in [0.2, 0.25) is 0 Å². The van der Waals surface area contributed by atoms with E-state index in [4.69, 9.17) is 4.98 Å². The van der Waals surface area contributed by atoms with Crippen LogP contribution in [0.2, 0.25) is 0 Å². The van der Waals surface area contributed by atoms with Crippen LogP contribution in [0.25, 0.3) is 32.8 Å². The zero-order valence-electron chi connectivity index (χ0n) is 12.0. The minimum atomic E-state index is 0.759. The maximum Gasteiger partial charge on any atom is 0.157 e. The molecule has 2 aromatic carbocycles. The van der Waals surface area contributed by atoms with E-state index in [-0.39, 0.29) is 0 Å². The molecule has 0 saturated heterocycles. The Hall–Kier alpha value is -3.41. The lowest BCUT2D eigenvalue weighted by Crippen LogP contribution is -1.96. The number of hydrogen-bond acceptors (Lipinski definition) is 4. The van der Waals surface area contributed by atoms with Gasteiger partial charge in [-0.2, -0.15) is 5.10 Å². The Morgan fingerprint density at radius 1 is 0.957 bits per heavy atom. The first-order valence-corrected chi connectivity index (χ1v) is 7.30. The smallest absolute Gasteiger partial charge is 0.157 e. The highest BCUT2D eigenvalue weighted by atomic mass is 15.1. The number of imidazole rings is 1. The van der Waals surface area contributed by atoms with Gasteiger partial charge in [0.15, 0.2) is 5.82 Å². The summed E-state index contributed by atoms with van der Waals surface area (Å²) in [4.78, 5) is 12.1. The fraction of sp³-hybridized carbons (Fsp3) is 0. The summed E-state index contributed by atoms with van der Waals surface area (Å²) in [6.45, 7) is 0. The highest BCUT2D eigenvalue weighted by molar-refractivity contribution is 6.08. The van der Waals surface area contributed by atoms with Crippen molar-refractivity contribution in [1.82, 2.24) is 25.1 Å². The van der Waals surface area contributed by atoms with E-state index in [1.54, 1.807) is 6.33 Å². The Kier molecular flexibility index (Phi) is 2.40. The lowest BCUT2D eigenvalue weighted by atomic mass is 10.1. The quantitative estimate of drug-likeness (QED) is 0.464. The number of rotatable bonds is 2. The molecule has 6 nitrogen and oxygen atoms in total. The van der Waals surface area contributed by atoms with Gasteiger partial charge in [-0.3, -0.25) is 5.10 Å². The van der Waals surface area contributed by atoms with Crippen molar-refractivity contribution in [3.8, 4) is 0 Å². The number of aromatic amines is 2. The molecule has 0 fully saturated rings. The Bertz CT molecular complexity index is 1150. The Morgan fingerprint density at radius 2 is 1.91 bits per heavy atom. The van der Waals surface area contributed by atoms with E-state index in [0.29, 0.717) is 0 Å². The van der Waals surface area contributed by atoms with Gasteiger partial charge < -0.3 is 10.3 Å². The molecule has 6 heteroatoms. The van der Waals surface area contributed by atoms with Crippen LogP contribution in [0.15, 0.2) is 55.0 Å². The monoisotopic (exact) mass is 300 g/mol. The topological polar surface area (TPSA) is 82.3 Å². The zero-order valence-corrected chi connectivity index (χ0v) is 12.0. The Morgan fingerprint density at radius 3 is 2.91 bits per heavy atom. The van der Waals surface area contributed by atoms with Crippen molar-refractivity contribution < 1.29 is 0 Å². The first kappa shape index (κ1) is 12.2. The van der Waals surface area contributed by atoms with Crippen LogP contribution >= 0.6 is 0 Å². The largest absolute Gasteiger partial charge is 0.345 e. The molecule has 0 aliphatic rings. The molecule has 0 bridgehead atoms. The molecule has 23 heavy (non-hydrogen) atoms. The maximum atomic E-state index is 4.73. The molecule has 0 atom stereocenters. The summed E-state index contributed by atoms with van der Waals surface area (Å²) in [5.41, 5.74) is 4.70. The number of H-pyrrole nitrogens is 2. The van der Waals surface area contributed by atoms with E-state index in [1.165, 1.54) is 0 Å². The molecule has 0 unspecified atom stereocenters. The van der Waals surface area contributed by atoms with Gasteiger partial charge in [0, 0.05) is 16.5 Å². The van der Waals surface area contributed by atoms with E-state index in [9.17, 15) is 0 Å². The van der Waals surface area contributed by atoms with Crippen molar-refractivity contribution in [2.24, 2.45) is 0 Å². The van der Waals surface area contributed by atoms with Gasteiger partial charge in [0.25, 0.3) is 0 Å². The number of fused-ring (bicyclic) bond motifs is 4. The third-order valence-electron chi connectivity index (χ3n) is 3.99. The molecule has 0 radical (unpaired) electrons. The minimum Gasteiger partial charge on any atom is -0.345 e. The van der Waals surface area contributed by atoms with Crippen molar-refractivity contribution >= 4 is 44.3 Å². The molecule has 0 spiro atoms. The summed E-state index contributed by atoms with van der Waals surface area (Å²) in [7, 11) is 0. The summed E-state index contributed by atoms with van der Waals surface area (Å²) in [6.07, 6.45) is 3.53. The Balaban J connectivity index is 1.70. The highest BCUT2D eigenvalue weighted by Gasteiger charge is 2.10. The second-order valence-electron chi connectivity index (χ2n) is 5.40. The third-order valence-corrected chi connectivity index (χ3v) is 3.99. The molecule has 0 saturated carbocycles. The normalized spacial score (nSPS) is 11.5. The van der Waals surface area contributed by atoms with Gasteiger partial charge in [-0.05, 0) is 24.3 Å². The van der Waals surface area contributed by atoms with Crippen molar-refractivity contribution in [3.63, 3.8) is 0 Å². The molecule has 110 valence electrons. The number of hydrogen-bond donors (Lipinski definition) is 3. The number of anilines is 2. The predicted molar refractivity (Wildman–Crippen MR) is 90.8 cm³/mol. The van der Waals surface area contributed by atoms with Crippen LogP contribution in [-0.2, 0) is 0 Å². The van der Waals surface area contributed by atoms with Gasteiger partial charge in [-0.1, -0.05) is 18.2 Å². The second-order valence-corrected chi connectivity index (χ2v) is 5.40. The van der Waals surface area contributed by atoms with Crippen LogP contribution in [0.3, 0.4) is 0 Å². The third kappa shape index (κ3) is 1.85. The number of nitrogens with zero attached hydrogens (tertiary/aromatic N) is 3. The van der Waals surface area contributed by atoms with Crippen molar-refractivity contribution in [2.75, 3.05) is 5.32 Å². The molecular weight excluding hydrogens is 288 g/mol. The Labute approximate surface area is 130 Å². The first-order valence-electron chi connectivity index (χ1n) is 7.30. The number of benzene rings is 2. The van der Waals surface area contributed by atoms with E-state index >= 15 is 0 Å². The number of aromatic nitrogens is 5. The van der Waals surface area contributed by atoms with Crippen LogP contribution in [-0.4, -0.2) is 25.1 Å². The van der Waals surface area contributed by atoms with Gasteiger partial charge in [0.05, 0.1) is 29.1 Å². The van der Waals surface area contributed by atoms with E-state index in [1.807, 2.05) is 42.6 Å². The van der Waals surface area contributed by atoms with Gasteiger partial charge >= 0.3 is 0 Å². The molecule has 3 heterocycles. The van der Waals surface area contributed by atoms with E-state index in [2.05, 4.69) is 31.5 Å². The summed E-state index contributed by atoms with van der Waals surface area (Å²) in [5.74, 6) is 0.759. The number of para-hydroxylation sites is 1. The molecule has 3 aromatic heterocycles. The van der Waals surface area contributed by atoms with Gasteiger partial charge in [-0.15, -0.1) is 0 Å². The summed E-state index contributed by atoms with van der Waals surface area (Å²) < 4.78 is 0. The number of nitrogens with one attached hydrogen (secondary N) is 3. The molecule has 3 N–H and O–H groups in total. The van der Waals surface area contributed by atoms with Crippen molar-refractivity contribution in [3.05, 3.63) is 55.0 Å². The zero-order chi connectivity index (χ0) is 15.2. The van der Waals surface area contributed by atoms with Crippen LogP contribution < -0.4 is 5.32 Å². The van der Waals surface area contributed by atoms with Crippen molar-refractivity contribution in [1.29, 1.82) is 0 Å². The minimum absolute atomic E-state index is 0.759. The fourth-order valence-electron chi connectivity index (χ4n) is 2.89.